The summed E-state index contributed by atoms with van der Waals surface area (Å²) in [6.07, 6.45) is -1.46. The molecule has 0 heterocycles. The molecule has 1 atom stereocenters. The third kappa shape index (κ3) is 3.67. The Labute approximate surface area is 128 Å². The van der Waals surface area contributed by atoms with Gasteiger partial charge in [0, 0.05) is 18.1 Å². The molecule has 0 aliphatic carbocycles. The second-order valence-electron chi connectivity index (χ2n) is 4.95. The lowest BCUT2D eigenvalue weighted by molar-refractivity contribution is -0.142. The number of ether oxygens (including phenoxy) is 1. The summed E-state index contributed by atoms with van der Waals surface area (Å²) in [5.74, 6) is -1.72. The van der Waals surface area contributed by atoms with E-state index < -0.39 is 23.6 Å². The zero-order chi connectivity index (χ0) is 16.1. The molecule has 0 aliphatic rings. The van der Waals surface area contributed by atoms with Gasteiger partial charge in [0.05, 0.1) is 0 Å². The molecule has 0 saturated heterocycles. The van der Waals surface area contributed by atoms with Crippen LogP contribution < -0.4 is 0 Å². The number of hydrogen-bond donors (Lipinski definition) is 0. The quantitative estimate of drug-likeness (QED) is 0.483. The van der Waals surface area contributed by atoms with Crippen LogP contribution in [0.3, 0.4) is 0 Å². The predicted octanol–water partition coefficient (Wildman–Crippen LogP) is 2.99. The van der Waals surface area contributed by atoms with Crippen LogP contribution in [0.4, 0.5) is 0 Å². The van der Waals surface area contributed by atoms with Crippen molar-refractivity contribution in [1.29, 1.82) is 0 Å². The lowest BCUT2D eigenvalue weighted by Crippen LogP contribution is -2.34. The first-order chi connectivity index (χ1) is 10.5. The number of ketones is 2. The van der Waals surface area contributed by atoms with Crippen molar-refractivity contribution in [3.8, 4) is 0 Å². The average molecular weight is 296 g/mol. The van der Waals surface area contributed by atoms with Crippen LogP contribution in [0.25, 0.3) is 0 Å². The summed E-state index contributed by atoms with van der Waals surface area (Å²) in [5, 5.41) is 0. The van der Waals surface area contributed by atoms with E-state index >= 15 is 0 Å². The van der Waals surface area contributed by atoms with Crippen molar-refractivity contribution >= 4 is 17.5 Å². The number of benzene rings is 2. The van der Waals surface area contributed by atoms with Gasteiger partial charge in [-0.2, -0.15) is 0 Å². The summed E-state index contributed by atoms with van der Waals surface area (Å²) < 4.78 is 4.97. The Kier molecular flexibility index (Phi) is 4.84. The molecule has 0 fully saturated rings. The minimum atomic E-state index is -1.46. The summed E-state index contributed by atoms with van der Waals surface area (Å²) >= 11 is 0. The van der Waals surface area contributed by atoms with Gasteiger partial charge in [0.2, 0.25) is 17.7 Å². The van der Waals surface area contributed by atoms with E-state index in [1.54, 1.807) is 54.6 Å². The van der Waals surface area contributed by atoms with Crippen LogP contribution >= 0.6 is 0 Å². The number of carbonyl (C=O) groups excluding carboxylic acids is 3. The first-order valence-corrected chi connectivity index (χ1v) is 6.86. The normalized spacial score (nSPS) is 11.5. The van der Waals surface area contributed by atoms with E-state index in [-0.39, 0.29) is 0 Å². The Bertz CT molecular complexity index is 687. The van der Waals surface area contributed by atoms with Gasteiger partial charge in [-0.3, -0.25) is 14.4 Å². The summed E-state index contributed by atoms with van der Waals surface area (Å²) in [6.45, 7) is 3.07. The van der Waals surface area contributed by atoms with Gasteiger partial charge >= 0.3 is 5.97 Å². The number of hydrogen-bond acceptors (Lipinski definition) is 4. The predicted molar refractivity (Wildman–Crippen MR) is 81.8 cm³/mol. The molecule has 0 saturated carbocycles. The highest BCUT2D eigenvalue weighted by atomic mass is 16.5. The Morgan fingerprint density at radius 2 is 1.32 bits per heavy atom. The number of aryl methyl sites for hydroxylation is 1. The number of esters is 1. The molecule has 4 heteroatoms. The number of rotatable bonds is 5. The molecule has 0 aliphatic heterocycles. The highest BCUT2D eigenvalue weighted by Gasteiger charge is 2.31. The van der Waals surface area contributed by atoms with Crippen molar-refractivity contribution in [2.45, 2.75) is 20.0 Å². The van der Waals surface area contributed by atoms with Gasteiger partial charge in [-0.05, 0) is 6.92 Å². The van der Waals surface area contributed by atoms with Crippen LogP contribution in [0.2, 0.25) is 0 Å². The molecule has 112 valence electrons. The number of carbonyl (C=O) groups is 3. The van der Waals surface area contributed by atoms with Crippen molar-refractivity contribution in [2.75, 3.05) is 0 Å². The molecule has 0 spiro atoms. The van der Waals surface area contributed by atoms with Crippen molar-refractivity contribution in [1.82, 2.24) is 0 Å². The Morgan fingerprint density at radius 1 is 0.818 bits per heavy atom. The Morgan fingerprint density at radius 3 is 1.82 bits per heavy atom. The van der Waals surface area contributed by atoms with E-state index in [9.17, 15) is 14.4 Å². The standard InChI is InChI=1S/C18H16O4/c1-12-8-10-15(11-9-12)17(21)18(22-13(2)19)16(20)14-6-4-3-5-7-14/h3-11,18H,1-2H3. The Balaban J connectivity index is 2.33. The molecular formula is C18H16O4. The summed E-state index contributed by atoms with van der Waals surface area (Å²) in [6, 6.07) is 15.1. The smallest absolute Gasteiger partial charge is 0.303 e. The van der Waals surface area contributed by atoms with Crippen LogP contribution in [-0.2, 0) is 9.53 Å². The summed E-state index contributed by atoms with van der Waals surface area (Å²) in [7, 11) is 0. The van der Waals surface area contributed by atoms with E-state index in [2.05, 4.69) is 0 Å². The van der Waals surface area contributed by atoms with Crippen LogP contribution in [0, 0.1) is 6.92 Å². The molecule has 2 rings (SSSR count). The van der Waals surface area contributed by atoms with Gasteiger partial charge in [0.1, 0.15) is 0 Å². The van der Waals surface area contributed by atoms with Crippen molar-refractivity contribution in [3.05, 3.63) is 71.3 Å². The maximum Gasteiger partial charge on any atom is 0.303 e. The second kappa shape index (κ2) is 6.80. The fourth-order valence-corrected chi connectivity index (χ4v) is 2.02. The molecule has 0 radical (unpaired) electrons. The molecule has 2 aromatic carbocycles. The second-order valence-corrected chi connectivity index (χ2v) is 4.95. The van der Waals surface area contributed by atoms with Gasteiger partial charge in [-0.25, -0.2) is 0 Å². The van der Waals surface area contributed by atoms with Crippen LogP contribution in [-0.4, -0.2) is 23.6 Å². The monoisotopic (exact) mass is 296 g/mol. The zero-order valence-corrected chi connectivity index (χ0v) is 12.4. The average Bonchev–Trinajstić information content (AvgIpc) is 2.53. The minimum Gasteiger partial charge on any atom is -0.446 e. The highest BCUT2D eigenvalue weighted by Crippen LogP contribution is 2.14. The van der Waals surface area contributed by atoms with E-state index in [1.807, 2.05) is 6.92 Å². The molecule has 0 N–H and O–H groups in total. The van der Waals surface area contributed by atoms with Crippen molar-refractivity contribution < 1.29 is 19.1 Å². The molecule has 1 unspecified atom stereocenters. The molecule has 4 nitrogen and oxygen atoms in total. The van der Waals surface area contributed by atoms with E-state index in [1.165, 1.54) is 6.92 Å². The third-order valence-electron chi connectivity index (χ3n) is 3.15. The first-order valence-electron chi connectivity index (χ1n) is 6.86. The molecule has 0 aromatic heterocycles. The molecule has 22 heavy (non-hydrogen) atoms. The van der Waals surface area contributed by atoms with Crippen molar-refractivity contribution in [3.63, 3.8) is 0 Å². The maximum atomic E-state index is 12.5. The molecule has 0 amide bonds. The summed E-state index contributed by atoms with van der Waals surface area (Å²) in [4.78, 5) is 36.2. The lowest BCUT2D eigenvalue weighted by Gasteiger charge is -2.15. The molecule has 2 aromatic rings. The fraction of sp³-hybridized carbons (Fsp3) is 0.167. The lowest BCUT2D eigenvalue weighted by atomic mass is 9.98. The van der Waals surface area contributed by atoms with E-state index in [0.717, 1.165) is 5.56 Å². The molecule has 0 bridgehead atoms. The van der Waals surface area contributed by atoms with Crippen molar-refractivity contribution in [2.24, 2.45) is 0 Å². The van der Waals surface area contributed by atoms with Gasteiger partial charge in [0.25, 0.3) is 0 Å². The van der Waals surface area contributed by atoms with Gasteiger partial charge < -0.3 is 4.74 Å². The Hall–Kier alpha value is -2.75. The first kappa shape index (κ1) is 15.6. The summed E-state index contributed by atoms with van der Waals surface area (Å²) in [5.41, 5.74) is 1.66. The molecular weight excluding hydrogens is 280 g/mol. The topological polar surface area (TPSA) is 60.4 Å². The minimum absolute atomic E-state index is 0.328. The maximum absolute atomic E-state index is 12.5. The van der Waals surface area contributed by atoms with Gasteiger partial charge in [-0.1, -0.05) is 60.2 Å². The fourth-order valence-electron chi connectivity index (χ4n) is 2.02. The largest absolute Gasteiger partial charge is 0.446 e. The van der Waals surface area contributed by atoms with Crippen LogP contribution in [0.5, 0.6) is 0 Å². The number of Topliss-reactive ketones (excluding diaryl/α,β-unsaturated/α-hetero) is 2. The van der Waals surface area contributed by atoms with Crippen LogP contribution in [0.15, 0.2) is 54.6 Å². The highest BCUT2D eigenvalue weighted by molar-refractivity contribution is 6.19. The van der Waals surface area contributed by atoms with E-state index in [4.69, 9.17) is 4.74 Å². The van der Waals surface area contributed by atoms with Gasteiger partial charge in [0.15, 0.2) is 0 Å². The van der Waals surface area contributed by atoms with Gasteiger partial charge in [-0.15, -0.1) is 0 Å². The zero-order valence-electron chi connectivity index (χ0n) is 12.4. The van der Waals surface area contributed by atoms with Crippen LogP contribution in [0.1, 0.15) is 33.2 Å². The third-order valence-corrected chi connectivity index (χ3v) is 3.15. The SMILES string of the molecule is CC(=O)OC(C(=O)c1ccccc1)C(=O)c1ccc(C)cc1. The van der Waals surface area contributed by atoms with E-state index in [0.29, 0.717) is 11.1 Å².